The molecule has 0 aliphatic carbocycles. The normalized spacial score (nSPS) is 13.8. The molecule has 0 heterocycles. The van der Waals surface area contributed by atoms with Crippen LogP contribution in [0.5, 0.6) is 0 Å². The summed E-state index contributed by atoms with van der Waals surface area (Å²) in [5.74, 6) is -0.122. The monoisotopic (exact) mass is 366 g/mol. The lowest BCUT2D eigenvalue weighted by Crippen LogP contribution is -2.47. The van der Waals surface area contributed by atoms with E-state index in [1.165, 1.54) is 0 Å². The van der Waals surface area contributed by atoms with Crippen LogP contribution in [0.3, 0.4) is 0 Å². The van der Waals surface area contributed by atoms with Gasteiger partial charge in [-0.2, -0.15) is 0 Å². The van der Waals surface area contributed by atoms with E-state index in [2.05, 4.69) is 10.6 Å². The van der Waals surface area contributed by atoms with Gasteiger partial charge in [-0.15, -0.1) is 0 Å². The highest BCUT2D eigenvalue weighted by Crippen LogP contribution is 2.08. The molecule has 0 spiro atoms. The second-order valence-corrected chi connectivity index (χ2v) is 9.90. The van der Waals surface area contributed by atoms with Gasteiger partial charge in [0.25, 0.3) is 0 Å². The third kappa shape index (κ3) is 14.1. The van der Waals surface area contributed by atoms with Crippen LogP contribution in [0.15, 0.2) is 0 Å². The van der Waals surface area contributed by atoms with E-state index in [0.717, 1.165) is 6.26 Å². The molecule has 142 valence electrons. The Hall–Kier alpha value is -1.51. The Morgan fingerprint density at radius 2 is 1.42 bits per heavy atom. The Kier molecular flexibility index (Phi) is 8.01. The number of sulfone groups is 1. The molecular formula is C15H30N2O6S. The van der Waals surface area contributed by atoms with Crippen LogP contribution in [0.1, 0.15) is 48.0 Å². The molecule has 2 amide bonds. The Bertz CT molecular complexity index is 531. The summed E-state index contributed by atoms with van der Waals surface area (Å²) in [6, 6.07) is -0.595. The molecule has 0 fully saturated rings. The molecule has 0 saturated carbocycles. The lowest BCUT2D eigenvalue weighted by molar-refractivity contribution is 0.0462. The van der Waals surface area contributed by atoms with Crippen molar-refractivity contribution in [3.8, 4) is 0 Å². The first kappa shape index (κ1) is 22.5. The van der Waals surface area contributed by atoms with Crippen LogP contribution in [0.25, 0.3) is 0 Å². The van der Waals surface area contributed by atoms with Gasteiger partial charge in [0, 0.05) is 12.8 Å². The van der Waals surface area contributed by atoms with Crippen LogP contribution in [0.2, 0.25) is 0 Å². The van der Waals surface area contributed by atoms with Crippen molar-refractivity contribution in [2.75, 3.05) is 18.6 Å². The summed E-state index contributed by atoms with van der Waals surface area (Å²) in [7, 11) is -3.19. The number of hydrogen-bond acceptors (Lipinski definition) is 6. The molecule has 0 aliphatic heterocycles. The first-order chi connectivity index (χ1) is 10.6. The first-order valence-corrected chi connectivity index (χ1v) is 9.77. The summed E-state index contributed by atoms with van der Waals surface area (Å²) < 4.78 is 32.9. The number of ether oxygens (including phenoxy) is 2. The molecule has 1 atom stereocenters. The van der Waals surface area contributed by atoms with E-state index >= 15 is 0 Å². The van der Waals surface area contributed by atoms with Gasteiger partial charge in [-0.25, -0.2) is 18.0 Å². The van der Waals surface area contributed by atoms with Gasteiger partial charge in [0.05, 0.1) is 11.8 Å². The van der Waals surface area contributed by atoms with E-state index in [4.69, 9.17) is 9.47 Å². The molecule has 0 aromatic carbocycles. The maximum Gasteiger partial charge on any atom is 0.407 e. The minimum atomic E-state index is -3.19. The lowest BCUT2D eigenvalue weighted by Gasteiger charge is -2.25. The lowest BCUT2D eigenvalue weighted by atomic mass is 10.2. The van der Waals surface area contributed by atoms with E-state index < -0.39 is 39.3 Å². The Labute approximate surface area is 144 Å². The van der Waals surface area contributed by atoms with Crippen LogP contribution in [0, 0.1) is 0 Å². The average Bonchev–Trinajstić information content (AvgIpc) is 2.26. The van der Waals surface area contributed by atoms with E-state index in [1.807, 2.05) is 0 Å². The SMILES string of the molecule is CC(C)(C)OC(=O)NCC(CCS(C)(=O)=O)NC(=O)OC(C)(C)C. The van der Waals surface area contributed by atoms with Crippen LogP contribution in [0.4, 0.5) is 9.59 Å². The standard InChI is InChI=1S/C15H30N2O6S/c1-14(2,3)22-12(18)16-10-11(8-9-24(7,20)21)17-13(19)23-15(4,5)6/h11H,8-10H2,1-7H3,(H,16,18)(H,17,19). The number of carbonyl (C=O) groups excluding carboxylic acids is 2. The van der Waals surface area contributed by atoms with Crippen molar-refractivity contribution in [2.45, 2.75) is 65.2 Å². The maximum absolute atomic E-state index is 11.8. The second kappa shape index (κ2) is 8.55. The van der Waals surface area contributed by atoms with Gasteiger partial charge in [-0.3, -0.25) is 0 Å². The summed E-state index contributed by atoms with van der Waals surface area (Å²) in [6.07, 6.45) is -0.0583. The summed E-state index contributed by atoms with van der Waals surface area (Å²) in [5, 5.41) is 5.09. The predicted molar refractivity (Wildman–Crippen MR) is 91.7 cm³/mol. The fourth-order valence-corrected chi connectivity index (χ4v) is 2.29. The maximum atomic E-state index is 11.8. The molecule has 0 aromatic rings. The molecule has 0 aromatic heterocycles. The molecule has 0 radical (unpaired) electrons. The molecule has 9 heteroatoms. The topological polar surface area (TPSA) is 111 Å². The minimum absolute atomic E-state index is 0.0314. The van der Waals surface area contributed by atoms with Crippen molar-refractivity contribution in [1.29, 1.82) is 0 Å². The third-order valence-electron chi connectivity index (χ3n) is 2.45. The van der Waals surface area contributed by atoms with E-state index in [-0.39, 0.29) is 18.7 Å². The van der Waals surface area contributed by atoms with Gasteiger partial charge in [0.1, 0.15) is 21.0 Å². The van der Waals surface area contributed by atoms with Crippen molar-refractivity contribution < 1.29 is 27.5 Å². The number of nitrogens with one attached hydrogen (secondary N) is 2. The smallest absolute Gasteiger partial charge is 0.407 e. The fraction of sp³-hybridized carbons (Fsp3) is 0.867. The molecule has 2 N–H and O–H groups in total. The van der Waals surface area contributed by atoms with Crippen molar-refractivity contribution in [3.05, 3.63) is 0 Å². The zero-order valence-electron chi connectivity index (χ0n) is 15.6. The molecule has 8 nitrogen and oxygen atoms in total. The van der Waals surface area contributed by atoms with Gasteiger partial charge >= 0.3 is 12.2 Å². The largest absolute Gasteiger partial charge is 0.444 e. The Morgan fingerprint density at radius 1 is 0.958 bits per heavy atom. The van der Waals surface area contributed by atoms with Gasteiger partial charge in [0.2, 0.25) is 0 Å². The zero-order chi connectivity index (χ0) is 19.2. The van der Waals surface area contributed by atoms with Crippen LogP contribution < -0.4 is 10.6 Å². The highest BCUT2D eigenvalue weighted by molar-refractivity contribution is 7.90. The Balaban J connectivity index is 4.69. The summed E-state index contributed by atoms with van der Waals surface area (Å²) in [5.41, 5.74) is -1.32. The summed E-state index contributed by atoms with van der Waals surface area (Å²) in [6.45, 7) is 10.4. The van der Waals surface area contributed by atoms with Crippen molar-refractivity contribution in [1.82, 2.24) is 10.6 Å². The molecule has 0 aliphatic rings. The first-order valence-electron chi connectivity index (χ1n) is 7.71. The summed E-state index contributed by atoms with van der Waals surface area (Å²) >= 11 is 0. The van der Waals surface area contributed by atoms with Crippen LogP contribution >= 0.6 is 0 Å². The molecule has 0 bridgehead atoms. The minimum Gasteiger partial charge on any atom is -0.444 e. The van der Waals surface area contributed by atoms with Gasteiger partial charge in [-0.1, -0.05) is 0 Å². The third-order valence-corrected chi connectivity index (χ3v) is 3.43. The Morgan fingerprint density at radius 3 is 1.83 bits per heavy atom. The van der Waals surface area contributed by atoms with Crippen LogP contribution in [-0.2, 0) is 19.3 Å². The van der Waals surface area contributed by atoms with Gasteiger partial charge in [-0.05, 0) is 48.0 Å². The van der Waals surface area contributed by atoms with Gasteiger partial charge < -0.3 is 20.1 Å². The predicted octanol–water partition coefficient (Wildman–Crippen LogP) is 1.84. The molecule has 0 saturated heterocycles. The van der Waals surface area contributed by atoms with Gasteiger partial charge in [0.15, 0.2) is 0 Å². The highest BCUT2D eigenvalue weighted by Gasteiger charge is 2.22. The van der Waals surface area contributed by atoms with Crippen molar-refractivity contribution in [3.63, 3.8) is 0 Å². The number of amides is 2. The summed E-state index contributed by atoms with van der Waals surface area (Å²) in [4.78, 5) is 23.5. The molecule has 0 rings (SSSR count). The second-order valence-electron chi connectivity index (χ2n) is 7.64. The number of rotatable bonds is 6. The van der Waals surface area contributed by atoms with Crippen LogP contribution in [-0.4, -0.2) is 56.4 Å². The zero-order valence-corrected chi connectivity index (χ0v) is 16.4. The molecule has 24 heavy (non-hydrogen) atoms. The van der Waals surface area contributed by atoms with E-state index in [1.54, 1.807) is 41.5 Å². The van der Waals surface area contributed by atoms with E-state index in [0.29, 0.717) is 0 Å². The fourth-order valence-electron chi connectivity index (χ4n) is 1.58. The van der Waals surface area contributed by atoms with Crippen molar-refractivity contribution in [2.24, 2.45) is 0 Å². The number of hydrogen-bond donors (Lipinski definition) is 2. The number of alkyl carbamates (subject to hydrolysis) is 2. The molecular weight excluding hydrogens is 336 g/mol. The van der Waals surface area contributed by atoms with Crippen molar-refractivity contribution >= 4 is 22.0 Å². The highest BCUT2D eigenvalue weighted by atomic mass is 32.2. The molecule has 1 unspecified atom stereocenters. The quantitative estimate of drug-likeness (QED) is 0.742. The van der Waals surface area contributed by atoms with E-state index in [9.17, 15) is 18.0 Å². The number of carbonyl (C=O) groups is 2. The average molecular weight is 366 g/mol.